The predicted molar refractivity (Wildman–Crippen MR) is 111 cm³/mol. The van der Waals surface area contributed by atoms with E-state index in [-0.39, 0.29) is 11.9 Å². The second-order valence-electron chi connectivity index (χ2n) is 6.90. The van der Waals surface area contributed by atoms with Crippen LogP contribution in [0.2, 0.25) is 0 Å². The SMILES string of the molecule is CCNC(=NCC(c1ccco1)N(C)C)NCCc1c[nH]c2cc(F)ccc12. The van der Waals surface area contributed by atoms with Gasteiger partial charge in [-0.15, -0.1) is 0 Å². The van der Waals surface area contributed by atoms with Crippen LogP contribution in [0.25, 0.3) is 10.9 Å². The molecule has 3 rings (SSSR count). The number of fused-ring (bicyclic) bond motifs is 1. The van der Waals surface area contributed by atoms with Gasteiger partial charge in [-0.05, 0) is 63.3 Å². The second kappa shape index (κ2) is 9.41. The van der Waals surface area contributed by atoms with Crippen LogP contribution in [0.1, 0.15) is 24.3 Å². The van der Waals surface area contributed by atoms with Gasteiger partial charge < -0.3 is 20.0 Å². The number of nitrogens with zero attached hydrogens (tertiary/aromatic N) is 2. The molecule has 0 amide bonds. The highest BCUT2D eigenvalue weighted by Gasteiger charge is 2.16. The maximum atomic E-state index is 13.3. The average molecular weight is 385 g/mol. The van der Waals surface area contributed by atoms with E-state index in [4.69, 9.17) is 9.41 Å². The molecule has 0 radical (unpaired) electrons. The Morgan fingerprint density at radius 2 is 2.14 bits per heavy atom. The van der Waals surface area contributed by atoms with Crippen LogP contribution in [-0.2, 0) is 6.42 Å². The number of benzene rings is 1. The van der Waals surface area contributed by atoms with Gasteiger partial charge in [-0.25, -0.2) is 4.39 Å². The number of aliphatic imine (C=N–C) groups is 1. The van der Waals surface area contributed by atoms with Crippen LogP contribution in [0.5, 0.6) is 0 Å². The molecule has 150 valence electrons. The molecule has 1 aromatic carbocycles. The van der Waals surface area contributed by atoms with Gasteiger partial charge in [-0.1, -0.05) is 0 Å². The first kappa shape index (κ1) is 19.9. The highest BCUT2D eigenvalue weighted by atomic mass is 19.1. The van der Waals surface area contributed by atoms with Gasteiger partial charge in [-0.2, -0.15) is 0 Å². The molecule has 1 unspecified atom stereocenters. The summed E-state index contributed by atoms with van der Waals surface area (Å²) < 4.78 is 18.9. The summed E-state index contributed by atoms with van der Waals surface area (Å²) in [6.45, 7) is 4.14. The normalized spacial score (nSPS) is 13.2. The van der Waals surface area contributed by atoms with Crippen molar-refractivity contribution in [2.24, 2.45) is 4.99 Å². The maximum Gasteiger partial charge on any atom is 0.191 e. The average Bonchev–Trinajstić information content (AvgIpc) is 3.32. The van der Waals surface area contributed by atoms with Crippen LogP contribution >= 0.6 is 0 Å². The molecule has 3 aromatic rings. The van der Waals surface area contributed by atoms with Crippen molar-refractivity contribution in [2.45, 2.75) is 19.4 Å². The Balaban J connectivity index is 1.61. The van der Waals surface area contributed by atoms with Crippen molar-refractivity contribution in [3.63, 3.8) is 0 Å². The highest BCUT2D eigenvalue weighted by Crippen LogP contribution is 2.20. The fraction of sp³-hybridized carbons (Fsp3) is 0.381. The number of likely N-dealkylation sites (N-methyl/N-ethyl adjacent to an activating group) is 1. The molecule has 0 saturated heterocycles. The molecule has 6 nitrogen and oxygen atoms in total. The first-order valence-electron chi connectivity index (χ1n) is 9.56. The number of aromatic amines is 1. The van der Waals surface area contributed by atoms with E-state index in [0.717, 1.165) is 47.7 Å². The number of guanidine groups is 1. The Morgan fingerprint density at radius 3 is 2.86 bits per heavy atom. The molecule has 0 aliphatic rings. The third-order valence-corrected chi connectivity index (χ3v) is 4.68. The lowest BCUT2D eigenvalue weighted by Crippen LogP contribution is -2.39. The molecule has 2 heterocycles. The van der Waals surface area contributed by atoms with Crippen molar-refractivity contribution in [2.75, 3.05) is 33.7 Å². The van der Waals surface area contributed by atoms with Crippen molar-refractivity contribution in [1.82, 2.24) is 20.5 Å². The molecule has 3 N–H and O–H groups in total. The second-order valence-corrected chi connectivity index (χ2v) is 6.90. The van der Waals surface area contributed by atoms with Crippen LogP contribution in [0.4, 0.5) is 4.39 Å². The molecular formula is C21H28FN5O. The Labute approximate surface area is 164 Å². The van der Waals surface area contributed by atoms with Gasteiger partial charge in [0.2, 0.25) is 0 Å². The minimum Gasteiger partial charge on any atom is -0.468 e. The summed E-state index contributed by atoms with van der Waals surface area (Å²) >= 11 is 0. The minimum atomic E-state index is -0.229. The summed E-state index contributed by atoms with van der Waals surface area (Å²) in [5.74, 6) is 1.44. The van der Waals surface area contributed by atoms with Crippen molar-refractivity contribution in [3.8, 4) is 0 Å². The van der Waals surface area contributed by atoms with Crippen molar-refractivity contribution in [1.29, 1.82) is 0 Å². The number of nitrogens with one attached hydrogen (secondary N) is 3. The van der Waals surface area contributed by atoms with Crippen LogP contribution in [0, 0.1) is 5.82 Å². The van der Waals surface area contributed by atoms with E-state index in [1.54, 1.807) is 6.26 Å². The summed E-state index contributed by atoms with van der Waals surface area (Å²) in [6, 6.07) is 8.78. The molecule has 0 fully saturated rings. The van der Waals surface area contributed by atoms with Crippen molar-refractivity contribution in [3.05, 3.63) is 59.9 Å². The Hall–Kier alpha value is -2.80. The predicted octanol–water partition coefficient (Wildman–Crippen LogP) is 3.30. The van der Waals surface area contributed by atoms with Gasteiger partial charge in [0.05, 0.1) is 18.8 Å². The molecule has 2 aromatic heterocycles. The van der Waals surface area contributed by atoms with Gasteiger partial charge in [0, 0.05) is 30.2 Å². The highest BCUT2D eigenvalue weighted by molar-refractivity contribution is 5.83. The quantitative estimate of drug-likeness (QED) is 0.411. The van der Waals surface area contributed by atoms with Gasteiger partial charge in [0.25, 0.3) is 0 Å². The molecule has 0 aliphatic carbocycles. The number of hydrogen-bond donors (Lipinski definition) is 3. The van der Waals surface area contributed by atoms with Gasteiger partial charge >= 0.3 is 0 Å². The summed E-state index contributed by atoms with van der Waals surface area (Å²) in [5.41, 5.74) is 1.97. The van der Waals surface area contributed by atoms with E-state index >= 15 is 0 Å². The summed E-state index contributed by atoms with van der Waals surface area (Å²) in [6.07, 6.45) is 4.44. The minimum absolute atomic E-state index is 0.0777. The summed E-state index contributed by atoms with van der Waals surface area (Å²) in [7, 11) is 4.03. The van der Waals surface area contributed by atoms with E-state index in [0.29, 0.717) is 6.54 Å². The van der Waals surface area contributed by atoms with E-state index in [9.17, 15) is 4.39 Å². The number of hydrogen-bond acceptors (Lipinski definition) is 3. The fourth-order valence-corrected chi connectivity index (χ4v) is 3.19. The van der Waals surface area contributed by atoms with E-state index < -0.39 is 0 Å². The topological polar surface area (TPSA) is 68.6 Å². The summed E-state index contributed by atoms with van der Waals surface area (Å²) in [5, 5.41) is 7.71. The number of rotatable bonds is 8. The largest absolute Gasteiger partial charge is 0.468 e. The van der Waals surface area contributed by atoms with Crippen LogP contribution < -0.4 is 10.6 Å². The van der Waals surface area contributed by atoms with Crippen molar-refractivity contribution >= 4 is 16.9 Å². The summed E-state index contributed by atoms with van der Waals surface area (Å²) in [4.78, 5) is 9.94. The first-order chi connectivity index (χ1) is 13.6. The van der Waals surface area contributed by atoms with Crippen LogP contribution in [-0.4, -0.2) is 49.6 Å². The first-order valence-corrected chi connectivity index (χ1v) is 9.56. The standard InChI is InChI=1S/C21H28FN5O/c1-4-23-21(26-14-19(27(2)3)20-6-5-11-28-20)24-10-9-15-13-25-18-12-16(22)7-8-17(15)18/h5-8,11-13,19,25H,4,9-10,14H2,1-3H3,(H2,23,24,26). The van der Waals surface area contributed by atoms with Gasteiger partial charge in [-0.3, -0.25) is 9.89 Å². The van der Waals surface area contributed by atoms with Crippen LogP contribution in [0.15, 0.2) is 52.2 Å². The van der Waals surface area contributed by atoms with Gasteiger partial charge in [0.1, 0.15) is 11.6 Å². The molecule has 28 heavy (non-hydrogen) atoms. The number of H-pyrrole nitrogens is 1. The fourth-order valence-electron chi connectivity index (χ4n) is 3.19. The molecule has 0 aliphatic heterocycles. The lowest BCUT2D eigenvalue weighted by molar-refractivity contribution is 0.265. The number of aromatic nitrogens is 1. The molecule has 0 spiro atoms. The van der Waals surface area contributed by atoms with E-state index in [1.165, 1.54) is 12.1 Å². The van der Waals surface area contributed by atoms with E-state index in [2.05, 4.69) is 20.5 Å². The smallest absolute Gasteiger partial charge is 0.191 e. The van der Waals surface area contributed by atoms with E-state index in [1.807, 2.05) is 45.4 Å². The maximum absolute atomic E-state index is 13.3. The van der Waals surface area contributed by atoms with Gasteiger partial charge in [0.15, 0.2) is 5.96 Å². The lowest BCUT2D eigenvalue weighted by atomic mass is 10.1. The third kappa shape index (κ3) is 4.92. The zero-order chi connectivity index (χ0) is 19.9. The van der Waals surface area contributed by atoms with Crippen molar-refractivity contribution < 1.29 is 8.81 Å². The molecular weight excluding hydrogens is 357 g/mol. The zero-order valence-corrected chi connectivity index (χ0v) is 16.6. The van der Waals surface area contributed by atoms with Crippen LogP contribution in [0.3, 0.4) is 0 Å². The Morgan fingerprint density at radius 1 is 1.29 bits per heavy atom. The Bertz CT molecular complexity index is 901. The molecule has 7 heteroatoms. The lowest BCUT2D eigenvalue weighted by Gasteiger charge is -2.21. The molecule has 1 atom stereocenters. The number of halogens is 1. The monoisotopic (exact) mass is 385 g/mol. The Kier molecular flexibility index (Phi) is 6.71. The molecule has 0 saturated carbocycles. The third-order valence-electron chi connectivity index (χ3n) is 4.68. The molecule has 0 bridgehead atoms. The zero-order valence-electron chi connectivity index (χ0n) is 16.6. The number of furan rings is 1.